The molecule has 4 heteroatoms. The molecule has 0 fully saturated rings. The summed E-state index contributed by atoms with van der Waals surface area (Å²) in [7, 11) is 0. The van der Waals surface area contributed by atoms with E-state index in [-0.39, 0.29) is 11.9 Å². The van der Waals surface area contributed by atoms with Gasteiger partial charge in [-0.15, -0.1) is 0 Å². The van der Waals surface area contributed by atoms with Gasteiger partial charge in [-0.3, -0.25) is 4.79 Å². The van der Waals surface area contributed by atoms with Crippen molar-refractivity contribution in [2.75, 3.05) is 6.61 Å². The van der Waals surface area contributed by atoms with E-state index in [9.17, 15) is 4.79 Å². The van der Waals surface area contributed by atoms with Gasteiger partial charge in [-0.2, -0.15) is 0 Å². The summed E-state index contributed by atoms with van der Waals surface area (Å²) < 4.78 is 5.53. The quantitative estimate of drug-likeness (QED) is 0.799. The fourth-order valence-corrected chi connectivity index (χ4v) is 1.86. The zero-order valence-electron chi connectivity index (χ0n) is 8.70. The Labute approximate surface area is 99.1 Å². The number of nitrogens with one attached hydrogen (secondary N) is 1. The Bertz CT molecular complexity index is 431. The van der Waals surface area contributed by atoms with E-state index in [1.54, 1.807) is 6.07 Å². The Balaban J connectivity index is 2.09. The van der Waals surface area contributed by atoms with E-state index >= 15 is 0 Å². The molecule has 0 saturated carbocycles. The molecule has 1 aliphatic rings. The monoisotopic (exact) mass is 237 g/mol. The number of halogens is 1. The average Bonchev–Trinajstić information content (AvgIpc) is 2.29. The first kappa shape index (κ1) is 11.0. The van der Waals surface area contributed by atoms with Crippen LogP contribution in [0.1, 0.15) is 5.56 Å². The Morgan fingerprint density at radius 3 is 3.19 bits per heavy atom. The minimum Gasteiger partial charge on any atom is -0.491 e. The summed E-state index contributed by atoms with van der Waals surface area (Å²) in [6.45, 7) is 3.88. The van der Waals surface area contributed by atoms with Crippen LogP contribution in [0.5, 0.6) is 5.75 Å². The normalized spacial score (nSPS) is 18.2. The highest BCUT2D eigenvalue weighted by Crippen LogP contribution is 2.27. The van der Waals surface area contributed by atoms with Crippen LogP contribution in [0.25, 0.3) is 0 Å². The van der Waals surface area contributed by atoms with E-state index in [1.807, 2.05) is 12.1 Å². The van der Waals surface area contributed by atoms with E-state index in [0.29, 0.717) is 11.6 Å². The molecular formula is C12H12ClNO2. The van der Waals surface area contributed by atoms with Gasteiger partial charge in [0.25, 0.3) is 0 Å². The van der Waals surface area contributed by atoms with Gasteiger partial charge in [0, 0.05) is 5.02 Å². The number of hydrogen-bond acceptors (Lipinski definition) is 2. The van der Waals surface area contributed by atoms with Gasteiger partial charge in [0.05, 0.1) is 6.04 Å². The summed E-state index contributed by atoms with van der Waals surface area (Å²) in [4.78, 5) is 11.1. The first-order valence-corrected chi connectivity index (χ1v) is 5.41. The molecule has 0 aliphatic carbocycles. The fraction of sp³-hybridized carbons (Fsp3) is 0.250. The number of carbonyl (C=O) groups excluding carboxylic acids is 1. The van der Waals surface area contributed by atoms with Gasteiger partial charge >= 0.3 is 0 Å². The molecule has 0 spiro atoms. The van der Waals surface area contributed by atoms with Gasteiger partial charge < -0.3 is 10.1 Å². The highest BCUT2D eigenvalue weighted by Gasteiger charge is 2.20. The van der Waals surface area contributed by atoms with Gasteiger partial charge in [-0.05, 0) is 30.2 Å². The molecule has 1 amide bonds. The highest BCUT2D eigenvalue weighted by molar-refractivity contribution is 6.30. The molecule has 2 rings (SSSR count). The number of hydrogen-bond donors (Lipinski definition) is 1. The first-order chi connectivity index (χ1) is 7.69. The number of carbonyl (C=O) groups is 1. The molecule has 0 bridgehead atoms. The molecule has 1 unspecified atom stereocenters. The molecule has 1 aromatic rings. The Morgan fingerprint density at radius 1 is 1.62 bits per heavy atom. The number of ether oxygens (including phenoxy) is 1. The Morgan fingerprint density at radius 2 is 2.44 bits per heavy atom. The van der Waals surface area contributed by atoms with E-state index in [0.717, 1.165) is 17.7 Å². The van der Waals surface area contributed by atoms with Crippen LogP contribution in [0.15, 0.2) is 30.9 Å². The van der Waals surface area contributed by atoms with Crippen LogP contribution in [0, 0.1) is 0 Å². The number of benzene rings is 1. The van der Waals surface area contributed by atoms with Crippen LogP contribution in [-0.4, -0.2) is 18.6 Å². The van der Waals surface area contributed by atoms with Crippen molar-refractivity contribution in [1.82, 2.24) is 5.32 Å². The van der Waals surface area contributed by atoms with Crippen LogP contribution >= 0.6 is 11.6 Å². The maximum Gasteiger partial charge on any atom is 0.243 e. The van der Waals surface area contributed by atoms with Crippen molar-refractivity contribution in [2.45, 2.75) is 12.5 Å². The summed E-state index contributed by atoms with van der Waals surface area (Å²) >= 11 is 5.86. The van der Waals surface area contributed by atoms with Crippen LogP contribution in [0.4, 0.5) is 0 Å². The third-order valence-electron chi connectivity index (χ3n) is 2.47. The highest BCUT2D eigenvalue weighted by atomic mass is 35.5. The average molecular weight is 238 g/mol. The van der Waals surface area contributed by atoms with E-state index < -0.39 is 0 Å². The fourth-order valence-electron chi connectivity index (χ4n) is 1.70. The maximum atomic E-state index is 11.1. The van der Waals surface area contributed by atoms with Crippen LogP contribution in [-0.2, 0) is 11.2 Å². The number of fused-ring (bicyclic) bond motifs is 1. The Hall–Kier alpha value is -1.48. The van der Waals surface area contributed by atoms with Gasteiger partial charge in [0.2, 0.25) is 5.91 Å². The molecule has 1 atom stereocenters. The summed E-state index contributed by atoms with van der Waals surface area (Å²) in [5, 5.41) is 3.47. The standard InChI is InChI=1S/C12H12ClNO2/c1-2-12(15)14-10-5-8-3-4-9(13)6-11(8)16-7-10/h2-4,6,10H,1,5,7H2,(H,14,15). The van der Waals surface area contributed by atoms with Gasteiger partial charge in [-0.1, -0.05) is 24.2 Å². The summed E-state index contributed by atoms with van der Waals surface area (Å²) in [5.41, 5.74) is 1.06. The van der Waals surface area contributed by atoms with Gasteiger partial charge in [0.1, 0.15) is 12.4 Å². The predicted molar refractivity (Wildman–Crippen MR) is 62.8 cm³/mol. The lowest BCUT2D eigenvalue weighted by atomic mass is 10.0. The zero-order chi connectivity index (χ0) is 11.5. The molecule has 1 heterocycles. The van der Waals surface area contributed by atoms with Crippen LogP contribution in [0.2, 0.25) is 5.02 Å². The lowest BCUT2D eigenvalue weighted by Gasteiger charge is -2.25. The van der Waals surface area contributed by atoms with Crippen molar-refractivity contribution in [1.29, 1.82) is 0 Å². The van der Waals surface area contributed by atoms with Crippen molar-refractivity contribution in [3.63, 3.8) is 0 Å². The predicted octanol–water partition coefficient (Wildman–Crippen LogP) is 1.95. The SMILES string of the molecule is C=CC(=O)NC1COc2cc(Cl)ccc2C1. The van der Waals surface area contributed by atoms with Crippen LogP contribution < -0.4 is 10.1 Å². The van der Waals surface area contributed by atoms with Crippen molar-refractivity contribution in [3.05, 3.63) is 41.4 Å². The molecule has 1 N–H and O–H groups in total. The second-order valence-corrected chi connectivity index (χ2v) is 4.11. The van der Waals surface area contributed by atoms with Gasteiger partial charge in [-0.25, -0.2) is 0 Å². The number of rotatable bonds is 2. The Kier molecular flexibility index (Phi) is 3.15. The van der Waals surface area contributed by atoms with E-state index in [2.05, 4.69) is 11.9 Å². The minimum atomic E-state index is -0.175. The summed E-state index contributed by atoms with van der Waals surface area (Å²) in [6.07, 6.45) is 2.02. The smallest absolute Gasteiger partial charge is 0.243 e. The van der Waals surface area contributed by atoms with E-state index in [4.69, 9.17) is 16.3 Å². The second kappa shape index (κ2) is 4.58. The molecule has 1 aromatic carbocycles. The lowest BCUT2D eigenvalue weighted by Crippen LogP contribution is -2.41. The minimum absolute atomic E-state index is 0.000763. The largest absolute Gasteiger partial charge is 0.491 e. The second-order valence-electron chi connectivity index (χ2n) is 3.68. The third kappa shape index (κ3) is 2.36. The molecule has 0 radical (unpaired) electrons. The summed E-state index contributed by atoms with van der Waals surface area (Å²) in [6, 6.07) is 5.53. The maximum absolute atomic E-state index is 11.1. The molecule has 3 nitrogen and oxygen atoms in total. The molecule has 16 heavy (non-hydrogen) atoms. The van der Waals surface area contributed by atoms with Crippen LogP contribution in [0.3, 0.4) is 0 Å². The van der Waals surface area contributed by atoms with Gasteiger partial charge in [0.15, 0.2) is 0 Å². The van der Waals surface area contributed by atoms with E-state index in [1.165, 1.54) is 6.08 Å². The molecular weight excluding hydrogens is 226 g/mol. The lowest BCUT2D eigenvalue weighted by molar-refractivity contribution is -0.117. The topological polar surface area (TPSA) is 38.3 Å². The van der Waals surface area contributed by atoms with Crippen molar-refractivity contribution >= 4 is 17.5 Å². The first-order valence-electron chi connectivity index (χ1n) is 5.03. The molecule has 0 aromatic heterocycles. The zero-order valence-corrected chi connectivity index (χ0v) is 9.46. The molecule has 0 saturated heterocycles. The third-order valence-corrected chi connectivity index (χ3v) is 2.70. The van der Waals surface area contributed by atoms with Crippen molar-refractivity contribution in [2.24, 2.45) is 0 Å². The number of amides is 1. The van der Waals surface area contributed by atoms with Crippen molar-refractivity contribution < 1.29 is 9.53 Å². The molecule has 1 aliphatic heterocycles. The molecule has 84 valence electrons. The summed E-state index contributed by atoms with van der Waals surface area (Å²) in [5.74, 6) is 0.627. The van der Waals surface area contributed by atoms with Crippen molar-refractivity contribution in [3.8, 4) is 5.75 Å².